The third-order valence-corrected chi connectivity index (χ3v) is 2.70. The summed E-state index contributed by atoms with van der Waals surface area (Å²) in [6.07, 6.45) is 2.73. The van der Waals surface area contributed by atoms with Gasteiger partial charge in [0, 0.05) is 5.69 Å². The van der Waals surface area contributed by atoms with Gasteiger partial charge in [0.05, 0.1) is 12.4 Å². The molecule has 0 bridgehead atoms. The standard InChI is InChI=1S/C14H15N3O2/c1-9(2)10-5-3-4-6-11(10)16-13-8-15-7-12(17-13)14(18)19/h3-9H,1-2H3,(H,16,17)(H,18,19). The summed E-state index contributed by atoms with van der Waals surface area (Å²) in [5.41, 5.74) is 1.98. The summed E-state index contributed by atoms with van der Waals surface area (Å²) < 4.78 is 0. The lowest BCUT2D eigenvalue weighted by atomic mass is 10.0. The number of aromatic nitrogens is 2. The molecule has 1 aromatic heterocycles. The summed E-state index contributed by atoms with van der Waals surface area (Å²) in [4.78, 5) is 18.7. The van der Waals surface area contributed by atoms with E-state index in [2.05, 4.69) is 29.1 Å². The van der Waals surface area contributed by atoms with Gasteiger partial charge in [-0.25, -0.2) is 9.78 Å². The summed E-state index contributed by atoms with van der Waals surface area (Å²) >= 11 is 0. The van der Waals surface area contributed by atoms with Crippen molar-refractivity contribution in [2.75, 3.05) is 5.32 Å². The predicted octanol–water partition coefficient (Wildman–Crippen LogP) is 3.04. The molecule has 1 aromatic carbocycles. The van der Waals surface area contributed by atoms with Gasteiger partial charge in [-0.2, -0.15) is 0 Å². The maximum Gasteiger partial charge on any atom is 0.356 e. The number of hydrogen-bond acceptors (Lipinski definition) is 4. The van der Waals surface area contributed by atoms with Crippen LogP contribution in [0.25, 0.3) is 0 Å². The van der Waals surface area contributed by atoms with E-state index in [0.717, 1.165) is 11.3 Å². The van der Waals surface area contributed by atoms with Crippen molar-refractivity contribution in [3.8, 4) is 0 Å². The Morgan fingerprint density at radius 2 is 2.00 bits per heavy atom. The third-order valence-electron chi connectivity index (χ3n) is 2.70. The van der Waals surface area contributed by atoms with Crippen molar-refractivity contribution >= 4 is 17.5 Å². The van der Waals surface area contributed by atoms with Gasteiger partial charge in [-0.15, -0.1) is 0 Å². The van der Waals surface area contributed by atoms with Crippen LogP contribution in [0.1, 0.15) is 35.8 Å². The zero-order valence-corrected chi connectivity index (χ0v) is 10.8. The van der Waals surface area contributed by atoms with Crippen LogP contribution in [-0.2, 0) is 0 Å². The Labute approximate surface area is 111 Å². The number of aromatic carboxylic acids is 1. The number of benzene rings is 1. The molecule has 0 saturated carbocycles. The van der Waals surface area contributed by atoms with E-state index in [0.29, 0.717) is 11.7 Å². The first-order valence-corrected chi connectivity index (χ1v) is 5.99. The molecule has 0 unspecified atom stereocenters. The minimum atomic E-state index is -1.09. The van der Waals surface area contributed by atoms with Crippen LogP contribution in [-0.4, -0.2) is 21.0 Å². The van der Waals surface area contributed by atoms with Crippen molar-refractivity contribution in [2.45, 2.75) is 19.8 Å². The van der Waals surface area contributed by atoms with Gasteiger partial charge in [0.2, 0.25) is 0 Å². The molecule has 0 saturated heterocycles. The lowest BCUT2D eigenvalue weighted by molar-refractivity contribution is 0.0690. The molecule has 2 rings (SSSR count). The van der Waals surface area contributed by atoms with E-state index >= 15 is 0 Å². The molecule has 0 spiro atoms. The van der Waals surface area contributed by atoms with Gasteiger partial charge in [0.1, 0.15) is 5.82 Å². The number of carboxylic acids is 1. The molecule has 5 nitrogen and oxygen atoms in total. The monoisotopic (exact) mass is 257 g/mol. The van der Waals surface area contributed by atoms with Crippen LogP contribution >= 0.6 is 0 Å². The van der Waals surface area contributed by atoms with E-state index in [4.69, 9.17) is 5.11 Å². The summed E-state index contributed by atoms with van der Waals surface area (Å²) in [6, 6.07) is 7.86. The molecular formula is C14H15N3O2. The van der Waals surface area contributed by atoms with Gasteiger partial charge < -0.3 is 10.4 Å². The fraction of sp³-hybridized carbons (Fsp3) is 0.214. The molecule has 0 aliphatic heterocycles. The second-order valence-electron chi connectivity index (χ2n) is 4.46. The lowest BCUT2D eigenvalue weighted by Crippen LogP contribution is -2.05. The van der Waals surface area contributed by atoms with E-state index in [-0.39, 0.29) is 5.69 Å². The fourth-order valence-corrected chi connectivity index (χ4v) is 1.78. The van der Waals surface area contributed by atoms with Crippen molar-refractivity contribution < 1.29 is 9.90 Å². The largest absolute Gasteiger partial charge is 0.476 e. The third kappa shape index (κ3) is 3.07. The van der Waals surface area contributed by atoms with Crippen molar-refractivity contribution in [2.24, 2.45) is 0 Å². The second kappa shape index (κ2) is 5.48. The van der Waals surface area contributed by atoms with E-state index in [1.807, 2.05) is 24.3 Å². The molecule has 0 radical (unpaired) electrons. The summed E-state index contributed by atoms with van der Waals surface area (Å²) in [5, 5.41) is 12.0. The van der Waals surface area contributed by atoms with Crippen molar-refractivity contribution in [3.05, 3.63) is 47.9 Å². The van der Waals surface area contributed by atoms with Crippen molar-refractivity contribution in [3.63, 3.8) is 0 Å². The minimum absolute atomic E-state index is 0.0768. The highest BCUT2D eigenvalue weighted by atomic mass is 16.4. The smallest absolute Gasteiger partial charge is 0.356 e. The van der Waals surface area contributed by atoms with Gasteiger partial charge >= 0.3 is 5.97 Å². The van der Waals surface area contributed by atoms with E-state index in [1.165, 1.54) is 12.4 Å². The Morgan fingerprint density at radius 1 is 1.26 bits per heavy atom. The summed E-state index contributed by atoms with van der Waals surface area (Å²) in [6.45, 7) is 4.19. The molecule has 0 atom stereocenters. The fourth-order valence-electron chi connectivity index (χ4n) is 1.78. The number of anilines is 2. The molecule has 2 N–H and O–H groups in total. The molecule has 1 heterocycles. The van der Waals surface area contributed by atoms with Gasteiger partial charge in [0.15, 0.2) is 5.69 Å². The zero-order valence-electron chi connectivity index (χ0n) is 10.8. The van der Waals surface area contributed by atoms with Crippen LogP contribution < -0.4 is 5.32 Å². The lowest BCUT2D eigenvalue weighted by Gasteiger charge is -2.13. The van der Waals surface area contributed by atoms with Crippen molar-refractivity contribution in [1.29, 1.82) is 0 Å². The number of nitrogens with one attached hydrogen (secondary N) is 1. The average molecular weight is 257 g/mol. The number of nitrogens with zero attached hydrogens (tertiary/aromatic N) is 2. The van der Waals surface area contributed by atoms with Gasteiger partial charge in [0.25, 0.3) is 0 Å². The molecular weight excluding hydrogens is 242 g/mol. The number of carbonyl (C=O) groups is 1. The molecule has 0 fully saturated rings. The number of carboxylic acid groups (broad SMARTS) is 1. The molecule has 2 aromatic rings. The topological polar surface area (TPSA) is 75.1 Å². The molecule has 0 aliphatic rings. The quantitative estimate of drug-likeness (QED) is 0.880. The highest BCUT2D eigenvalue weighted by molar-refractivity contribution is 5.85. The predicted molar refractivity (Wildman–Crippen MR) is 72.8 cm³/mol. The molecule has 0 aliphatic carbocycles. The van der Waals surface area contributed by atoms with Gasteiger partial charge in [-0.3, -0.25) is 4.98 Å². The molecule has 5 heteroatoms. The van der Waals surface area contributed by atoms with Gasteiger partial charge in [-0.05, 0) is 17.5 Å². The van der Waals surface area contributed by atoms with Gasteiger partial charge in [-0.1, -0.05) is 32.0 Å². The van der Waals surface area contributed by atoms with Crippen LogP contribution in [0.2, 0.25) is 0 Å². The molecule has 0 amide bonds. The normalized spacial score (nSPS) is 10.5. The van der Waals surface area contributed by atoms with E-state index < -0.39 is 5.97 Å². The first-order chi connectivity index (χ1) is 9.08. The highest BCUT2D eigenvalue weighted by Crippen LogP contribution is 2.25. The Hall–Kier alpha value is -2.43. The van der Waals surface area contributed by atoms with Crippen LogP contribution in [0, 0.1) is 0 Å². The maximum atomic E-state index is 10.9. The first kappa shape index (κ1) is 13.0. The Bertz CT molecular complexity index is 597. The molecule has 98 valence electrons. The Morgan fingerprint density at radius 3 is 2.68 bits per heavy atom. The SMILES string of the molecule is CC(C)c1ccccc1Nc1cncc(C(=O)O)n1. The van der Waals surface area contributed by atoms with E-state index in [1.54, 1.807) is 0 Å². The summed E-state index contributed by atoms with van der Waals surface area (Å²) in [5.74, 6) is -0.305. The van der Waals surface area contributed by atoms with E-state index in [9.17, 15) is 4.79 Å². The summed E-state index contributed by atoms with van der Waals surface area (Å²) in [7, 11) is 0. The minimum Gasteiger partial charge on any atom is -0.476 e. The first-order valence-electron chi connectivity index (χ1n) is 5.99. The average Bonchev–Trinajstić information content (AvgIpc) is 2.39. The van der Waals surface area contributed by atoms with Crippen LogP contribution in [0.15, 0.2) is 36.7 Å². The number of hydrogen-bond donors (Lipinski definition) is 2. The maximum absolute atomic E-state index is 10.9. The highest BCUT2D eigenvalue weighted by Gasteiger charge is 2.09. The Kier molecular flexibility index (Phi) is 3.75. The molecule has 19 heavy (non-hydrogen) atoms. The number of rotatable bonds is 4. The van der Waals surface area contributed by atoms with Crippen molar-refractivity contribution in [1.82, 2.24) is 9.97 Å². The van der Waals surface area contributed by atoms with Crippen LogP contribution in [0.5, 0.6) is 0 Å². The Balaban J connectivity index is 2.31. The zero-order chi connectivity index (χ0) is 13.8. The number of para-hydroxylation sites is 1. The second-order valence-corrected chi connectivity index (χ2v) is 4.46. The van der Waals surface area contributed by atoms with Crippen LogP contribution in [0.4, 0.5) is 11.5 Å². The van der Waals surface area contributed by atoms with Crippen LogP contribution in [0.3, 0.4) is 0 Å².